The topological polar surface area (TPSA) is 52.8 Å². The molecule has 0 aliphatic carbocycles. The maximum atomic E-state index is 5.93. The van der Waals surface area contributed by atoms with E-state index in [1.807, 2.05) is 30.3 Å². The number of benzene rings is 2. The molecule has 0 aliphatic heterocycles. The summed E-state index contributed by atoms with van der Waals surface area (Å²) in [5, 5.41) is 12.6. The number of para-hydroxylation sites is 1. The summed E-state index contributed by atoms with van der Waals surface area (Å²) in [6.07, 6.45) is 0. The van der Waals surface area contributed by atoms with Gasteiger partial charge < -0.3 is 4.74 Å². The van der Waals surface area contributed by atoms with Gasteiger partial charge in [0.05, 0.1) is 5.69 Å². The van der Waals surface area contributed by atoms with E-state index in [9.17, 15) is 0 Å². The van der Waals surface area contributed by atoms with Crippen molar-refractivity contribution >= 4 is 23.2 Å². The molecule has 5 nitrogen and oxygen atoms in total. The molecule has 3 rings (SSSR count). The van der Waals surface area contributed by atoms with E-state index in [0.717, 1.165) is 5.69 Å². The summed E-state index contributed by atoms with van der Waals surface area (Å²) in [4.78, 5) is 0. The van der Waals surface area contributed by atoms with E-state index in [-0.39, 0.29) is 6.61 Å². The molecule has 0 radical (unpaired) electrons. The lowest BCUT2D eigenvalue weighted by molar-refractivity contribution is 0.292. The summed E-state index contributed by atoms with van der Waals surface area (Å²) in [5.41, 5.74) is 0.866. The largest absolute Gasteiger partial charge is 0.485 e. The highest BCUT2D eigenvalue weighted by atomic mass is 35.5. The quantitative estimate of drug-likeness (QED) is 0.737. The van der Waals surface area contributed by atoms with Gasteiger partial charge in [0.1, 0.15) is 12.4 Å². The molecule has 0 N–H and O–H groups in total. The second kappa shape index (κ2) is 6.11. The molecule has 0 saturated heterocycles. The molecule has 3 aromatic rings. The first-order valence-corrected chi connectivity index (χ1v) is 6.89. The molecule has 7 heteroatoms. The van der Waals surface area contributed by atoms with Gasteiger partial charge in [0, 0.05) is 10.0 Å². The first-order chi connectivity index (χ1) is 10.2. The minimum Gasteiger partial charge on any atom is -0.485 e. The molecule has 21 heavy (non-hydrogen) atoms. The van der Waals surface area contributed by atoms with E-state index in [2.05, 4.69) is 15.5 Å². The van der Waals surface area contributed by atoms with Crippen molar-refractivity contribution in [2.75, 3.05) is 0 Å². The number of hydrogen-bond acceptors (Lipinski definition) is 4. The van der Waals surface area contributed by atoms with Gasteiger partial charge in [-0.1, -0.05) is 41.4 Å². The van der Waals surface area contributed by atoms with Gasteiger partial charge in [-0.15, -0.1) is 5.10 Å². The third-order valence-corrected chi connectivity index (χ3v) is 3.18. The van der Waals surface area contributed by atoms with Crippen LogP contribution in [0.2, 0.25) is 10.0 Å². The molecule has 0 atom stereocenters. The van der Waals surface area contributed by atoms with Gasteiger partial charge >= 0.3 is 0 Å². The first-order valence-electron chi connectivity index (χ1n) is 6.14. The predicted octanol–water partition coefficient (Wildman–Crippen LogP) is 3.55. The zero-order chi connectivity index (χ0) is 14.7. The van der Waals surface area contributed by atoms with Crippen LogP contribution < -0.4 is 4.74 Å². The Kier molecular flexibility index (Phi) is 4.03. The summed E-state index contributed by atoms with van der Waals surface area (Å²) >= 11 is 11.9. The standard InChI is InChI=1S/C14H10Cl2N4O/c15-10-6-11(16)8-13(7-10)21-9-14-17-18-19-20(14)12-4-2-1-3-5-12/h1-8H,9H2. The first kappa shape index (κ1) is 13.9. The molecule has 0 spiro atoms. The van der Waals surface area contributed by atoms with Gasteiger partial charge in [0.25, 0.3) is 0 Å². The molecular weight excluding hydrogens is 311 g/mol. The summed E-state index contributed by atoms with van der Waals surface area (Å²) in [7, 11) is 0. The summed E-state index contributed by atoms with van der Waals surface area (Å²) in [6.45, 7) is 0.207. The average molecular weight is 321 g/mol. The second-order valence-electron chi connectivity index (χ2n) is 4.24. The van der Waals surface area contributed by atoms with Crippen LogP contribution in [-0.4, -0.2) is 20.2 Å². The van der Waals surface area contributed by atoms with Crippen molar-refractivity contribution in [2.24, 2.45) is 0 Å². The summed E-state index contributed by atoms with van der Waals surface area (Å²) in [5.74, 6) is 1.15. The SMILES string of the molecule is Clc1cc(Cl)cc(OCc2nnnn2-c2ccccc2)c1. The van der Waals surface area contributed by atoms with E-state index in [0.29, 0.717) is 21.6 Å². The fraction of sp³-hybridized carbons (Fsp3) is 0.0714. The molecule has 0 unspecified atom stereocenters. The fourth-order valence-electron chi connectivity index (χ4n) is 1.83. The van der Waals surface area contributed by atoms with Crippen LogP contribution in [0, 0.1) is 0 Å². The predicted molar refractivity (Wildman–Crippen MR) is 79.9 cm³/mol. The Morgan fingerprint density at radius 3 is 2.43 bits per heavy atom. The normalized spacial score (nSPS) is 10.6. The number of nitrogens with zero attached hydrogens (tertiary/aromatic N) is 4. The molecule has 0 bridgehead atoms. The highest BCUT2D eigenvalue weighted by molar-refractivity contribution is 6.34. The van der Waals surface area contributed by atoms with Crippen LogP contribution in [0.4, 0.5) is 0 Å². The number of halogens is 2. The van der Waals surface area contributed by atoms with Crippen molar-refractivity contribution in [2.45, 2.75) is 6.61 Å². The second-order valence-corrected chi connectivity index (χ2v) is 5.11. The molecule has 0 saturated carbocycles. The maximum Gasteiger partial charge on any atom is 0.194 e. The van der Waals surface area contributed by atoms with Crippen LogP contribution in [-0.2, 0) is 6.61 Å². The van der Waals surface area contributed by atoms with Crippen molar-refractivity contribution in [1.82, 2.24) is 20.2 Å². The van der Waals surface area contributed by atoms with Gasteiger partial charge in [-0.25, -0.2) is 0 Å². The Morgan fingerprint density at radius 2 is 1.71 bits per heavy atom. The molecule has 0 aliphatic rings. The minimum atomic E-state index is 0.207. The number of tetrazole rings is 1. The number of rotatable bonds is 4. The molecular formula is C14H10Cl2N4O. The van der Waals surface area contributed by atoms with E-state index in [4.69, 9.17) is 27.9 Å². The smallest absolute Gasteiger partial charge is 0.194 e. The Labute approximate surface area is 131 Å². The summed E-state index contributed by atoms with van der Waals surface area (Å²) in [6, 6.07) is 14.6. The van der Waals surface area contributed by atoms with Gasteiger partial charge in [0.2, 0.25) is 0 Å². The molecule has 1 heterocycles. The van der Waals surface area contributed by atoms with Crippen LogP contribution in [0.1, 0.15) is 5.82 Å². The monoisotopic (exact) mass is 320 g/mol. The number of hydrogen-bond donors (Lipinski definition) is 0. The van der Waals surface area contributed by atoms with Gasteiger partial charge in [-0.3, -0.25) is 0 Å². The van der Waals surface area contributed by atoms with Crippen LogP contribution in [0.5, 0.6) is 5.75 Å². The molecule has 0 fully saturated rings. The van der Waals surface area contributed by atoms with Crippen LogP contribution in [0.3, 0.4) is 0 Å². The van der Waals surface area contributed by atoms with Crippen molar-refractivity contribution < 1.29 is 4.74 Å². The zero-order valence-corrected chi connectivity index (χ0v) is 12.3. The van der Waals surface area contributed by atoms with Crippen molar-refractivity contribution in [3.8, 4) is 11.4 Å². The van der Waals surface area contributed by atoms with Gasteiger partial charge in [0.15, 0.2) is 5.82 Å². The van der Waals surface area contributed by atoms with Crippen LogP contribution >= 0.6 is 23.2 Å². The lowest BCUT2D eigenvalue weighted by Crippen LogP contribution is -2.06. The number of ether oxygens (including phenoxy) is 1. The molecule has 2 aromatic carbocycles. The van der Waals surface area contributed by atoms with E-state index in [1.54, 1.807) is 22.9 Å². The number of aromatic nitrogens is 4. The Balaban J connectivity index is 1.79. The molecule has 106 valence electrons. The van der Waals surface area contributed by atoms with Gasteiger partial charge in [-0.2, -0.15) is 4.68 Å². The van der Waals surface area contributed by atoms with E-state index >= 15 is 0 Å². The van der Waals surface area contributed by atoms with Gasteiger partial charge in [-0.05, 0) is 40.8 Å². The Morgan fingerprint density at radius 1 is 1.00 bits per heavy atom. The van der Waals surface area contributed by atoms with Crippen molar-refractivity contribution in [3.63, 3.8) is 0 Å². The highest BCUT2D eigenvalue weighted by Gasteiger charge is 2.09. The Bertz CT molecular complexity index is 725. The molecule has 1 aromatic heterocycles. The average Bonchev–Trinajstić information content (AvgIpc) is 2.93. The fourth-order valence-corrected chi connectivity index (χ4v) is 2.33. The third-order valence-electron chi connectivity index (χ3n) is 2.74. The molecule has 0 amide bonds. The maximum absolute atomic E-state index is 5.93. The zero-order valence-electron chi connectivity index (χ0n) is 10.8. The van der Waals surface area contributed by atoms with E-state index < -0.39 is 0 Å². The van der Waals surface area contributed by atoms with Crippen LogP contribution in [0.25, 0.3) is 5.69 Å². The lowest BCUT2D eigenvalue weighted by atomic mass is 10.3. The van der Waals surface area contributed by atoms with Crippen LogP contribution in [0.15, 0.2) is 48.5 Å². The highest BCUT2D eigenvalue weighted by Crippen LogP contribution is 2.24. The van der Waals surface area contributed by atoms with Crippen molar-refractivity contribution in [3.05, 3.63) is 64.4 Å². The van der Waals surface area contributed by atoms with Crippen molar-refractivity contribution in [1.29, 1.82) is 0 Å². The minimum absolute atomic E-state index is 0.207. The summed E-state index contributed by atoms with van der Waals surface area (Å²) < 4.78 is 7.26. The Hall–Kier alpha value is -2.11. The van der Waals surface area contributed by atoms with E-state index in [1.165, 1.54) is 0 Å². The third kappa shape index (κ3) is 3.32. The lowest BCUT2D eigenvalue weighted by Gasteiger charge is -2.07.